The van der Waals surface area contributed by atoms with Gasteiger partial charge >= 0.3 is 5.97 Å². The summed E-state index contributed by atoms with van der Waals surface area (Å²) in [6.07, 6.45) is 6.50. The van der Waals surface area contributed by atoms with E-state index in [9.17, 15) is 4.79 Å². The zero-order chi connectivity index (χ0) is 11.5. The molecule has 0 fully saturated rings. The first-order chi connectivity index (χ1) is 7.03. The minimum absolute atomic E-state index is 0.125. The van der Waals surface area contributed by atoms with Gasteiger partial charge in [0.1, 0.15) is 0 Å². The van der Waals surface area contributed by atoms with Crippen molar-refractivity contribution in [3.8, 4) is 0 Å². The number of carbonyl (C=O) groups is 1. The molecule has 2 atom stereocenters. The van der Waals surface area contributed by atoms with Crippen LogP contribution in [0.15, 0.2) is 23.2 Å². The molecule has 1 aliphatic rings. The molecule has 3 heteroatoms. The second-order valence-corrected chi connectivity index (χ2v) is 5.28. The number of halogens is 1. The lowest BCUT2D eigenvalue weighted by Crippen LogP contribution is -2.39. The standard InChI is InChI=1S/C12H17BrO2/c1-9-6-4-5-7-12(9,8-10(2)13)11(14)15-3/h4-5,9H,2,6-8H2,1,3H3/t9-,12-/m1/s1. The molecule has 0 amide bonds. The normalized spacial score (nSPS) is 29.9. The van der Waals surface area contributed by atoms with Crippen molar-refractivity contribution in [2.24, 2.45) is 11.3 Å². The summed E-state index contributed by atoms with van der Waals surface area (Å²) in [4.78, 5) is 11.9. The van der Waals surface area contributed by atoms with Gasteiger partial charge in [-0.2, -0.15) is 0 Å². The highest BCUT2D eigenvalue weighted by molar-refractivity contribution is 9.11. The lowest BCUT2D eigenvalue weighted by molar-refractivity contribution is -0.156. The van der Waals surface area contributed by atoms with E-state index in [2.05, 4.69) is 41.6 Å². The molecular formula is C12H17BrO2. The van der Waals surface area contributed by atoms with Gasteiger partial charge in [-0.3, -0.25) is 4.79 Å². The van der Waals surface area contributed by atoms with Crippen LogP contribution in [-0.4, -0.2) is 13.1 Å². The Morgan fingerprint density at radius 2 is 2.33 bits per heavy atom. The molecule has 0 radical (unpaired) electrons. The first-order valence-electron chi connectivity index (χ1n) is 5.09. The van der Waals surface area contributed by atoms with E-state index in [1.165, 1.54) is 7.11 Å². The third-order valence-electron chi connectivity index (χ3n) is 3.18. The van der Waals surface area contributed by atoms with Crippen molar-refractivity contribution in [3.63, 3.8) is 0 Å². The number of hydrogen-bond acceptors (Lipinski definition) is 2. The summed E-state index contributed by atoms with van der Waals surface area (Å²) in [7, 11) is 1.45. The van der Waals surface area contributed by atoms with Crippen LogP contribution in [-0.2, 0) is 9.53 Å². The summed E-state index contributed by atoms with van der Waals surface area (Å²) in [5.74, 6) is 0.171. The number of ether oxygens (including phenoxy) is 1. The van der Waals surface area contributed by atoms with Gasteiger partial charge in [0, 0.05) is 0 Å². The molecule has 0 saturated heterocycles. The minimum Gasteiger partial charge on any atom is -0.469 e. The first kappa shape index (κ1) is 12.5. The van der Waals surface area contributed by atoms with Crippen LogP contribution in [0.4, 0.5) is 0 Å². The van der Waals surface area contributed by atoms with Crippen molar-refractivity contribution in [3.05, 3.63) is 23.2 Å². The van der Waals surface area contributed by atoms with Crippen molar-refractivity contribution < 1.29 is 9.53 Å². The largest absolute Gasteiger partial charge is 0.469 e. The third kappa shape index (κ3) is 2.51. The summed E-state index contributed by atoms with van der Waals surface area (Å²) in [5, 5.41) is 0. The minimum atomic E-state index is -0.427. The van der Waals surface area contributed by atoms with E-state index in [1.807, 2.05) is 0 Å². The highest BCUT2D eigenvalue weighted by Crippen LogP contribution is 2.44. The Kier molecular flexibility index (Phi) is 4.14. The van der Waals surface area contributed by atoms with E-state index in [0.717, 1.165) is 17.3 Å². The molecule has 0 heterocycles. The van der Waals surface area contributed by atoms with E-state index in [0.29, 0.717) is 12.3 Å². The van der Waals surface area contributed by atoms with Crippen molar-refractivity contribution >= 4 is 21.9 Å². The van der Waals surface area contributed by atoms with Crippen molar-refractivity contribution in [2.45, 2.75) is 26.2 Å². The summed E-state index contributed by atoms with van der Waals surface area (Å²) < 4.78 is 5.79. The maximum absolute atomic E-state index is 11.9. The van der Waals surface area contributed by atoms with E-state index in [-0.39, 0.29) is 5.97 Å². The molecule has 2 nitrogen and oxygen atoms in total. The third-order valence-corrected chi connectivity index (χ3v) is 3.46. The monoisotopic (exact) mass is 272 g/mol. The van der Waals surface area contributed by atoms with E-state index >= 15 is 0 Å². The van der Waals surface area contributed by atoms with Gasteiger partial charge in [-0.15, -0.1) is 0 Å². The van der Waals surface area contributed by atoms with E-state index < -0.39 is 5.41 Å². The molecule has 0 spiro atoms. The zero-order valence-electron chi connectivity index (χ0n) is 9.25. The fourth-order valence-corrected chi connectivity index (χ4v) is 2.67. The second-order valence-electron chi connectivity index (χ2n) is 4.15. The Morgan fingerprint density at radius 3 is 2.80 bits per heavy atom. The summed E-state index contributed by atoms with van der Waals surface area (Å²) in [6, 6.07) is 0. The molecule has 0 N–H and O–H groups in total. The SMILES string of the molecule is C=C(Br)C[C@]1(C(=O)OC)CC=CC[C@H]1C. The van der Waals surface area contributed by atoms with Crippen LogP contribution in [0.1, 0.15) is 26.2 Å². The average Bonchev–Trinajstić information content (AvgIpc) is 2.19. The molecular weight excluding hydrogens is 256 g/mol. The maximum atomic E-state index is 11.9. The van der Waals surface area contributed by atoms with Crippen molar-refractivity contribution in [1.82, 2.24) is 0 Å². The van der Waals surface area contributed by atoms with Gasteiger partial charge in [0.05, 0.1) is 12.5 Å². The molecule has 0 aromatic heterocycles. The van der Waals surface area contributed by atoms with E-state index in [1.54, 1.807) is 0 Å². The molecule has 0 saturated carbocycles. The van der Waals surface area contributed by atoms with Gasteiger partial charge in [0.25, 0.3) is 0 Å². The predicted molar refractivity (Wildman–Crippen MR) is 64.7 cm³/mol. The highest BCUT2D eigenvalue weighted by atomic mass is 79.9. The Balaban J connectivity index is 2.99. The fraction of sp³-hybridized carbons (Fsp3) is 0.583. The Morgan fingerprint density at radius 1 is 1.67 bits per heavy atom. The Hall–Kier alpha value is -0.570. The summed E-state index contributed by atoms with van der Waals surface area (Å²) >= 11 is 3.34. The summed E-state index contributed by atoms with van der Waals surface area (Å²) in [5.41, 5.74) is -0.427. The van der Waals surface area contributed by atoms with Crippen molar-refractivity contribution in [2.75, 3.05) is 7.11 Å². The molecule has 15 heavy (non-hydrogen) atoms. The molecule has 1 aliphatic carbocycles. The smallest absolute Gasteiger partial charge is 0.312 e. The van der Waals surface area contributed by atoms with Gasteiger partial charge < -0.3 is 4.74 Å². The van der Waals surface area contributed by atoms with Crippen LogP contribution in [0.3, 0.4) is 0 Å². The number of allylic oxidation sites excluding steroid dienone is 3. The van der Waals surface area contributed by atoms with E-state index in [4.69, 9.17) is 4.74 Å². The molecule has 0 bridgehead atoms. The summed E-state index contributed by atoms with van der Waals surface area (Å²) in [6.45, 7) is 5.92. The van der Waals surface area contributed by atoms with Crippen LogP contribution in [0.5, 0.6) is 0 Å². The molecule has 0 aromatic rings. The van der Waals surface area contributed by atoms with Gasteiger partial charge in [-0.25, -0.2) is 0 Å². The number of rotatable bonds is 3. The molecule has 0 aliphatic heterocycles. The van der Waals surface area contributed by atoms with Crippen LogP contribution < -0.4 is 0 Å². The molecule has 84 valence electrons. The Labute approximate surface area is 99.5 Å². The topological polar surface area (TPSA) is 26.3 Å². The van der Waals surface area contributed by atoms with Crippen LogP contribution in [0.25, 0.3) is 0 Å². The maximum Gasteiger partial charge on any atom is 0.312 e. The first-order valence-corrected chi connectivity index (χ1v) is 5.89. The number of hydrogen-bond donors (Lipinski definition) is 0. The second kappa shape index (κ2) is 4.97. The molecule has 0 aromatic carbocycles. The predicted octanol–water partition coefficient (Wildman–Crippen LogP) is 3.43. The van der Waals surface area contributed by atoms with Gasteiger partial charge in [-0.05, 0) is 29.7 Å². The number of carbonyl (C=O) groups excluding carboxylic acids is 1. The molecule has 0 unspecified atom stereocenters. The van der Waals surface area contributed by atoms with Crippen molar-refractivity contribution in [1.29, 1.82) is 0 Å². The Bertz CT molecular complexity index is 296. The van der Waals surface area contributed by atoms with Crippen LogP contribution in [0, 0.1) is 11.3 Å². The number of esters is 1. The van der Waals surface area contributed by atoms with Crippen LogP contribution >= 0.6 is 15.9 Å². The number of methoxy groups -OCH3 is 1. The van der Waals surface area contributed by atoms with Gasteiger partial charge in [0.2, 0.25) is 0 Å². The zero-order valence-corrected chi connectivity index (χ0v) is 10.8. The highest BCUT2D eigenvalue weighted by Gasteiger charge is 2.44. The van der Waals surface area contributed by atoms with Gasteiger partial charge in [0.15, 0.2) is 0 Å². The molecule has 1 rings (SSSR count). The average molecular weight is 273 g/mol. The lowest BCUT2D eigenvalue weighted by atomic mass is 9.67. The lowest BCUT2D eigenvalue weighted by Gasteiger charge is -2.37. The van der Waals surface area contributed by atoms with Gasteiger partial charge in [-0.1, -0.05) is 41.6 Å². The fourth-order valence-electron chi connectivity index (χ4n) is 2.17. The quantitative estimate of drug-likeness (QED) is 0.581. The van der Waals surface area contributed by atoms with Crippen LogP contribution in [0.2, 0.25) is 0 Å².